The Labute approximate surface area is 296 Å². The number of nitrogens with zero attached hydrogens (tertiary/aromatic N) is 2. The number of hydrogen-bond acceptors (Lipinski definition) is 9. The second-order valence-electron chi connectivity index (χ2n) is 13.2. The normalized spacial score (nSPS) is 13.7. The molecule has 0 aliphatic carbocycles. The molecule has 10 N–H and O–H groups in total. The molecule has 274 valence electrons. The van der Waals surface area contributed by atoms with Crippen LogP contribution in [0.15, 0.2) is 24.3 Å². The van der Waals surface area contributed by atoms with Crippen molar-refractivity contribution in [2.75, 3.05) is 19.8 Å². The van der Waals surface area contributed by atoms with Crippen LogP contribution in [0.2, 0.25) is 0 Å². The highest BCUT2D eigenvalue weighted by Crippen LogP contribution is 2.38. The number of fused-ring (bicyclic) bond motifs is 8. The number of aromatic nitrogens is 4. The number of aliphatic hydroxyl groups excluding tert-OH is 4. The minimum absolute atomic E-state index is 0.0395. The van der Waals surface area contributed by atoms with Gasteiger partial charge in [0.25, 0.3) is 0 Å². The van der Waals surface area contributed by atoms with E-state index in [1.54, 1.807) is 6.92 Å². The van der Waals surface area contributed by atoms with Crippen molar-refractivity contribution >= 4 is 56.3 Å². The first kappa shape index (κ1) is 39.1. The lowest BCUT2D eigenvalue weighted by Gasteiger charge is -2.20. The summed E-state index contributed by atoms with van der Waals surface area (Å²) >= 11 is 0. The van der Waals surface area contributed by atoms with Crippen LogP contribution in [0.25, 0.3) is 44.4 Å². The summed E-state index contributed by atoms with van der Waals surface area (Å²) in [5.41, 5.74) is 17.5. The van der Waals surface area contributed by atoms with Crippen LogP contribution < -0.4 is 5.73 Å². The molecule has 2 aliphatic heterocycles. The third-order valence-corrected chi connectivity index (χ3v) is 9.61. The summed E-state index contributed by atoms with van der Waals surface area (Å²) in [5, 5.41) is 54.7. The topological polar surface area (TPSA) is 239 Å². The third kappa shape index (κ3) is 8.46. The first-order valence-corrected chi connectivity index (χ1v) is 17.0. The van der Waals surface area contributed by atoms with Crippen molar-refractivity contribution in [2.24, 2.45) is 5.73 Å². The molecule has 8 bridgehead atoms. The van der Waals surface area contributed by atoms with Crippen LogP contribution in [0.4, 0.5) is 0 Å². The molecule has 1 atom stereocenters. The number of H-pyrrole nitrogens is 2. The monoisotopic (exact) mass is 703 g/mol. The van der Waals surface area contributed by atoms with E-state index in [4.69, 9.17) is 31.0 Å². The Bertz CT molecular complexity index is 2040. The van der Waals surface area contributed by atoms with Gasteiger partial charge in [0, 0.05) is 40.5 Å². The Kier molecular flexibility index (Phi) is 12.4. The predicted octanol–water partition coefficient (Wildman–Crippen LogP) is 4.80. The Morgan fingerprint density at radius 3 is 1.59 bits per heavy atom. The van der Waals surface area contributed by atoms with Gasteiger partial charge in [-0.1, -0.05) is 6.92 Å². The van der Waals surface area contributed by atoms with Gasteiger partial charge in [-0.2, -0.15) is 0 Å². The fraction of sp³-hybridized carbons (Fsp3) is 0.421. The van der Waals surface area contributed by atoms with E-state index in [9.17, 15) is 24.9 Å². The SMILES string of the molecule is CCc1c(C)c2cc3nc(cc4nc(cc5[nH]c(cc1[nH]2)c(C)c5C(C)O)C(C)=C4CCC(=O)O)C(CCC(=O)O)=C3C.NC(CO)(CO)CO. The molecule has 1 unspecified atom stereocenters. The molecular formula is C38H49N5O8. The second-order valence-corrected chi connectivity index (χ2v) is 13.2. The maximum atomic E-state index is 11.5. The zero-order valence-corrected chi connectivity index (χ0v) is 30.0. The average molecular weight is 704 g/mol. The van der Waals surface area contributed by atoms with E-state index in [-0.39, 0.29) is 19.3 Å². The van der Waals surface area contributed by atoms with Crippen molar-refractivity contribution in [1.29, 1.82) is 0 Å². The highest BCUT2D eigenvalue weighted by molar-refractivity contribution is 5.96. The Hall–Kier alpha value is -4.66. The molecule has 13 nitrogen and oxygen atoms in total. The van der Waals surface area contributed by atoms with Crippen molar-refractivity contribution in [2.45, 2.75) is 85.3 Å². The molecule has 5 heterocycles. The van der Waals surface area contributed by atoms with Crippen molar-refractivity contribution in [3.63, 3.8) is 0 Å². The van der Waals surface area contributed by atoms with Gasteiger partial charge in [-0.05, 0) is 117 Å². The standard InChI is InChI=1S/C34H38N4O5.C4H11NO3/c1-7-21-16(2)24-12-25-17(3)22(8-10-32(40)41)29(36-25)15-30-23(9-11-33(42)43)18(4)26(37-30)14-31-34(20(6)39)19(5)27(38-31)13-28(21)35-24;5-4(1-6,2-7)3-8/h12-15,20,35,38-39H,7-11H2,1-6H3,(H,40,41)(H,42,43);6-8H,1-3,5H2. The molecule has 0 saturated heterocycles. The summed E-state index contributed by atoms with van der Waals surface area (Å²) < 4.78 is 0. The molecule has 0 fully saturated rings. The van der Waals surface area contributed by atoms with Gasteiger partial charge in [-0.25, -0.2) is 9.97 Å². The second kappa shape index (κ2) is 16.1. The van der Waals surface area contributed by atoms with Gasteiger partial charge in [0.1, 0.15) is 0 Å². The number of aliphatic hydroxyl groups is 4. The molecule has 2 aliphatic rings. The summed E-state index contributed by atoms with van der Waals surface area (Å²) in [6.07, 6.45) is 0.583. The molecule has 0 saturated carbocycles. The Morgan fingerprint density at radius 1 is 0.725 bits per heavy atom. The lowest BCUT2D eigenvalue weighted by molar-refractivity contribution is -0.137. The van der Waals surface area contributed by atoms with E-state index in [0.717, 1.165) is 73.2 Å². The van der Waals surface area contributed by atoms with E-state index in [2.05, 4.69) is 29.9 Å². The fourth-order valence-electron chi connectivity index (χ4n) is 6.42. The molecular weight excluding hydrogens is 654 g/mol. The largest absolute Gasteiger partial charge is 0.481 e. The number of carbonyl (C=O) groups is 2. The van der Waals surface area contributed by atoms with Crippen molar-refractivity contribution in [1.82, 2.24) is 19.9 Å². The summed E-state index contributed by atoms with van der Waals surface area (Å²) in [7, 11) is 0. The molecule has 0 spiro atoms. The van der Waals surface area contributed by atoms with Gasteiger partial charge in [-0.15, -0.1) is 0 Å². The number of allylic oxidation sites excluding steroid dienone is 4. The number of nitrogens with two attached hydrogens (primary N) is 1. The van der Waals surface area contributed by atoms with Crippen LogP contribution in [0, 0.1) is 13.8 Å². The Morgan fingerprint density at radius 2 is 1.18 bits per heavy atom. The highest BCUT2D eigenvalue weighted by atomic mass is 16.4. The van der Waals surface area contributed by atoms with Gasteiger partial charge in [0.05, 0.1) is 54.2 Å². The lowest BCUT2D eigenvalue weighted by atomic mass is 9.98. The van der Waals surface area contributed by atoms with E-state index >= 15 is 0 Å². The summed E-state index contributed by atoms with van der Waals surface area (Å²) in [4.78, 5) is 40.1. The molecule has 0 amide bonds. The van der Waals surface area contributed by atoms with Crippen molar-refractivity contribution in [3.8, 4) is 0 Å². The minimum atomic E-state index is -1.21. The van der Waals surface area contributed by atoms with Crippen molar-refractivity contribution < 1.29 is 40.2 Å². The molecule has 51 heavy (non-hydrogen) atoms. The maximum absolute atomic E-state index is 11.5. The number of aromatic amines is 2. The maximum Gasteiger partial charge on any atom is 0.303 e. The van der Waals surface area contributed by atoms with Gasteiger partial charge in [0.15, 0.2) is 0 Å². The number of aryl methyl sites for hydroxylation is 3. The third-order valence-electron chi connectivity index (χ3n) is 9.61. The predicted molar refractivity (Wildman–Crippen MR) is 197 cm³/mol. The van der Waals surface area contributed by atoms with Crippen molar-refractivity contribution in [3.05, 3.63) is 69.3 Å². The van der Waals surface area contributed by atoms with Crippen LogP contribution in [-0.2, 0) is 16.0 Å². The van der Waals surface area contributed by atoms with Gasteiger partial charge < -0.3 is 46.3 Å². The zero-order chi connectivity index (χ0) is 37.8. The van der Waals surface area contributed by atoms with Crippen LogP contribution in [0.3, 0.4) is 0 Å². The molecule has 0 radical (unpaired) electrons. The number of aliphatic carboxylic acids is 2. The first-order valence-electron chi connectivity index (χ1n) is 17.0. The van der Waals surface area contributed by atoms with Crippen LogP contribution in [-0.4, -0.2) is 87.9 Å². The molecule has 3 aromatic rings. The fourth-order valence-corrected chi connectivity index (χ4v) is 6.42. The molecule has 0 aromatic carbocycles. The van der Waals surface area contributed by atoms with E-state index in [1.165, 1.54) is 5.56 Å². The number of carboxylic acids is 2. The molecule has 5 rings (SSSR count). The average Bonchev–Trinajstić information content (AvgIpc) is 3.75. The number of carboxylic acid groups (broad SMARTS) is 2. The van der Waals surface area contributed by atoms with Gasteiger partial charge in [0.2, 0.25) is 0 Å². The lowest BCUT2D eigenvalue weighted by Crippen LogP contribution is -2.50. The van der Waals surface area contributed by atoms with Gasteiger partial charge in [-0.3, -0.25) is 9.59 Å². The summed E-state index contributed by atoms with van der Waals surface area (Å²) in [5.74, 6) is -1.79. The highest BCUT2D eigenvalue weighted by Gasteiger charge is 2.24. The number of nitrogens with one attached hydrogen (secondary N) is 2. The van der Waals surface area contributed by atoms with Crippen LogP contribution >= 0.6 is 0 Å². The number of rotatable bonds is 11. The van der Waals surface area contributed by atoms with Crippen LogP contribution in [0.5, 0.6) is 0 Å². The van der Waals surface area contributed by atoms with E-state index < -0.39 is 43.4 Å². The summed E-state index contributed by atoms with van der Waals surface area (Å²) in [6.45, 7) is 10.6. The van der Waals surface area contributed by atoms with Crippen LogP contribution in [0.1, 0.15) is 105 Å². The Balaban J connectivity index is 0.000000652. The molecule has 13 heteroatoms. The quantitative estimate of drug-likeness (QED) is 0.131. The number of hydrogen-bond donors (Lipinski definition) is 9. The minimum Gasteiger partial charge on any atom is -0.481 e. The van der Waals surface area contributed by atoms with E-state index in [0.29, 0.717) is 23.5 Å². The summed E-state index contributed by atoms with van der Waals surface area (Å²) in [6, 6.07) is 7.85. The van der Waals surface area contributed by atoms with E-state index in [1.807, 2.05) is 39.0 Å². The zero-order valence-electron chi connectivity index (χ0n) is 30.0. The molecule has 3 aromatic heterocycles. The smallest absolute Gasteiger partial charge is 0.303 e. The van der Waals surface area contributed by atoms with Gasteiger partial charge >= 0.3 is 11.9 Å². The first-order chi connectivity index (χ1) is 24.1.